The van der Waals surface area contributed by atoms with E-state index in [-0.39, 0.29) is 5.69 Å². The SMILES string of the molecule is CCc1ccc(OC)c(Cn2ncc(C(=O)O)n2)c1. The van der Waals surface area contributed by atoms with Crippen LogP contribution in [-0.2, 0) is 13.0 Å². The van der Waals surface area contributed by atoms with Crippen molar-refractivity contribution >= 4 is 5.97 Å². The summed E-state index contributed by atoms with van der Waals surface area (Å²) in [6.45, 7) is 2.45. The van der Waals surface area contributed by atoms with E-state index in [4.69, 9.17) is 9.84 Å². The number of rotatable bonds is 5. The first kappa shape index (κ1) is 13.1. The van der Waals surface area contributed by atoms with Gasteiger partial charge in [-0.3, -0.25) is 0 Å². The molecular formula is C13H15N3O3. The molecule has 0 aliphatic heterocycles. The molecule has 100 valence electrons. The highest BCUT2D eigenvalue weighted by atomic mass is 16.5. The fourth-order valence-electron chi connectivity index (χ4n) is 1.80. The van der Waals surface area contributed by atoms with Crippen LogP contribution in [-0.4, -0.2) is 33.2 Å². The average molecular weight is 261 g/mol. The van der Waals surface area contributed by atoms with E-state index in [0.717, 1.165) is 17.7 Å². The minimum absolute atomic E-state index is 0.0642. The summed E-state index contributed by atoms with van der Waals surface area (Å²) in [6, 6.07) is 5.92. The van der Waals surface area contributed by atoms with Crippen LogP contribution >= 0.6 is 0 Å². The number of carboxylic acids is 1. The van der Waals surface area contributed by atoms with Gasteiger partial charge in [-0.1, -0.05) is 19.1 Å². The summed E-state index contributed by atoms with van der Waals surface area (Å²) in [4.78, 5) is 12.1. The van der Waals surface area contributed by atoms with Gasteiger partial charge in [0.25, 0.3) is 0 Å². The Labute approximate surface area is 110 Å². The second-order valence-electron chi connectivity index (χ2n) is 4.07. The van der Waals surface area contributed by atoms with Gasteiger partial charge in [0, 0.05) is 5.56 Å². The van der Waals surface area contributed by atoms with Gasteiger partial charge in [0.15, 0.2) is 5.69 Å². The number of aromatic nitrogens is 3. The Bertz CT molecular complexity index is 593. The predicted molar refractivity (Wildman–Crippen MR) is 68.5 cm³/mol. The fraction of sp³-hybridized carbons (Fsp3) is 0.308. The van der Waals surface area contributed by atoms with Crippen molar-refractivity contribution in [1.82, 2.24) is 15.0 Å². The number of ether oxygens (including phenoxy) is 1. The Morgan fingerprint density at radius 1 is 1.47 bits per heavy atom. The highest BCUT2D eigenvalue weighted by molar-refractivity contribution is 5.84. The van der Waals surface area contributed by atoms with E-state index in [1.54, 1.807) is 7.11 Å². The summed E-state index contributed by atoms with van der Waals surface area (Å²) in [5.41, 5.74) is 2.04. The van der Waals surface area contributed by atoms with E-state index >= 15 is 0 Å². The maximum absolute atomic E-state index is 10.7. The molecule has 6 nitrogen and oxygen atoms in total. The Morgan fingerprint density at radius 2 is 2.26 bits per heavy atom. The second-order valence-corrected chi connectivity index (χ2v) is 4.07. The number of carboxylic acid groups (broad SMARTS) is 1. The maximum Gasteiger partial charge on any atom is 0.358 e. The molecule has 2 aromatic rings. The molecule has 19 heavy (non-hydrogen) atoms. The molecule has 0 unspecified atom stereocenters. The van der Waals surface area contributed by atoms with Crippen LogP contribution in [0.1, 0.15) is 28.5 Å². The zero-order valence-corrected chi connectivity index (χ0v) is 10.8. The van der Waals surface area contributed by atoms with Crippen molar-refractivity contribution in [2.24, 2.45) is 0 Å². The lowest BCUT2D eigenvalue weighted by molar-refractivity contribution is 0.0689. The van der Waals surface area contributed by atoms with E-state index in [1.807, 2.05) is 18.2 Å². The van der Waals surface area contributed by atoms with E-state index in [1.165, 1.54) is 16.6 Å². The average Bonchev–Trinajstić information content (AvgIpc) is 2.87. The maximum atomic E-state index is 10.7. The first-order valence-corrected chi connectivity index (χ1v) is 5.93. The van der Waals surface area contributed by atoms with Crippen LogP contribution < -0.4 is 4.74 Å². The Hall–Kier alpha value is -2.37. The van der Waals surface area contributed by atoms with Crippen LogP contribution in [0, 0.1) is 0 Å². The zero-order chi connectivity index (χ0) is 13.8. The van der Waals surface area contributed by atoms with Crippen LogP contribution in [0.2, 0.25) is 0 Å². The van der Waals surface area contributed by atoms with Gasteiger partial charge in [-0.05, 0) is 18.1 Å². The van der Waals surface area contributed by atoms with Crippen molar-refractivity contribution in [3.05, 3.63) is 41.2 Å². The lowest BCUT2D eigenvalue weighted by Gasteiger charge is -2.09. The topological polar surface area (TPSA) is 77.2 Å². The van der Waals surface area contributed by atoms with Crippen molar-refractivity contribution in [2.75, 3.05) is 7.11 Å². The predicted octanol–water partition coefficient (Wildman–Crippen LogP) is 1.60. The Kier molecular flexibility index (Phi) is 3.79. The number of hydrogen-bond acceptors (Lipinski definition) is 4. The third-order valence-electron chi connectivity index (χ3n) is 2.82. The number of aromatic carboxylic acids is 1. The molecule has 0 radical (unpaired) electrons. The van der Waals surface area contributed by atoms with Gasteiger partial charge in [-0.15, -0.1) is 5.10 Å². The smallest absolute Gasteiger partial charge is 0.358 e. The van der Waals surface area contributed by atoms with Crippen LogP contribution in [0.3, 0.4) is 0 Å². The molecule has 2 rings (SSSR count). The Balaban J connectivity index is 2.27. The molecular weight excluding hydrogens is 246 g/mol. The minimum atomic E-state index is -1.08. The number of benzene rings is 1. The van der Waals surface area contributed by atoms with Gasteiger partial charge in [-0.2, -0.15) is 9.90 Å². The monoisotopic (exact) mass is 261 g/mol. The van der Waals surface area contributed by atoms with E-state index in [2.05, 4.69) is 17.1 Å². The lowest BCUT2D eigenvalue weighted by Crippen LogP contribution is -2.07. The quantitative estimate of drug-likeness (QED) is 0.884. The molecule has 0 aliphatic carbocycles. The molecule has 1 aromatic heterocycles. The van der Waals surface area contributed by atoms with Crippen molar-refractivity contribution in [2.45, 2.75) is 19.9 Å². The molecule has 1 aromatic carbocycles. The molecule has 0 spiro atoms. The largest absolute Gasteiger partial charge is 0.496 e. The zero-order valence-electron chi connectivity index (χ0n) is 10.8. The molecule has 1 heterocycles. The summed E-state index contributed by atoms with van der Waals surface area (Å²) in [5, 5.41) is 16.6. The number of carbonyl (C=O) groups is 1. The molecule has 0 saturated carbocycles. The molecule has 0 aliphatic rings. The summed E-state index contributed by atoms with van der Waals surface area (Å²) >= 11 is 0. The fourth-order valence-corrected chi connectivity index (χ4v) is 1.80. The van der Waals surface area contributed by atoms with Crippen molar-refractivity contribution in [1.29, 1.82) is 0 Å². The first-order chi connectivity index (χ1) is 9.13. The Morgan fingerprint density at radius 3 is 2.84 bits per heavy atom. The van der Waals surface area contributed by atoms with E-state index < -0.39 is 5.97 Å². The molecule has 1 N–H and O–H groups in total. The molecule has 0 amide bonds. The standard InChI is InChI=1S/C13H15N3O3/c1-3-9-4-5-12(19-2)10(6-9)8-16-14-7-11(15-16)13(17)18/h4-7H,3,8H2,1-2H3,(H,17,18). The van der Waals surface area contributed by atoms with Crippen LogP contribution in [0.4, 0.5) is 0 Å². The highest BCUT2D eigenvalue weighted by Gasteiger charge is 2.10. The number of nitrogens with zero attached hydrogens (tertiary/aromatic N) is 3. The third kappa shape index (κ3) is 2.90. The highest BCUT2D eigenvalue weighted by Crippen LogP contribution is 2.20. The first-order valence-electron chi connectivity index (χ1n) is 5.93. The van der Waals surface area contributed by atoms with Crippen molar-refractivity contribution in [3.8, 4) is 5.75 Å². The van der Waals surface area contributed by atoms with Gasteiger partial charge >= 0.3 is 5.97 Å². The normalized spacial score (nSPS) is 10.4. The summed E-state index contributed by atoms with van der Waals surface area (Å²) in [5.74, 6) is -0.341. The van der Waals surface area contributed by atoms with Crippen molar-refractivity contribution < 1.29 is 14.6 Å². The van der Waals surface area contributed by atoms with E-state index in [0.29, 0.717) is 6.54 Å². The molecule has 0 bridgehead atoms. The summed E-state index contributed by atoms with van der Waals surface area (Å²) in [7, 11) is 1.60. The minimum Gasteiger partial charge on any atom is -0.496 e. The summed E-state index contributed by atoms with van der Waals surface area (Å²) in [6.07, 6.45) is 2.16. The number of hydrogen-bond donors (Lipinski definition) is 1. The van der Waals surface area contributed by atoms with Crippen LogP contribution in [0.5, 0.6) is 5.75 Å². The van der Waals surface area contributed by atoms with Gasteiger partial charge in [0.2, 0.25) is 0 Å². The molecule has 0 saturated heterocycles. The second kappa shape index (κ2) is 5.51. The molecule has 0 atom stereocenters. The van der Waals surface area contributed by atoms with Gasteiger partial charge in [0.05, 0.1) is 19.9 Å². The van der Waals surface area contributed by atoms with Gasteiger partial charge < -0.3 is 9.84 Å². The lowest BCUT2D eigenvalue weighted by atomic mass is 10.1. The summed E-state index contributed by atoms with van der Waals surface area (Å²) < 4.78 is 5.29. The van der Waals surface area contributed by atoms with Gasteiger partial charge in [0.1, 0.15) is 5.75 Å². The van der Waals surface area contributed by atoms with Gasteiger partial charge in [-0.25, -0.2) is 4.79 Å². The van der Waals surface area contributed by atoms with Crippen LogP contribution in [0.25, 0.3) is 0 Å². The van der Waals surface area contributed by atoms with Crippen LogP contribution in [0.15, 0.2) is 24.4 Å². The molecule has 0 fully saturated rings. The van der Waals surface area contributed by atoms with E-state index in [9.17, 15) is 4.79 Å². The number of aryl methyl sites for hydroxylation is 1. The third-order valence-corrected chi connectivity index (χ3v) is 2.82. The van der Waals surface area contributed by atoms with Crippen molar-refractivity contribution in [3.63, 3.8) is 0 Å². The number of methoxy groups -OCH3 is 1. The molecule has 6 heteroatoms.